The number of alkyl carbamates (subject to hydrolysis) is 1. The van der Waals surface area contributed by atoms with Gasteiger partial charge in [0.05, 0.1) is 0 Å². The van der Waals surface area contributed by atoms with Gasteiger partial charge in [0.2, 0.25) is 5.91 Å². The molecule has 2 aromatic rings. The van der Waals surface area contributed by atoms with Crippen molar-refractivity contribution in [3.8, 4) is 11.1 Å². The summed E-state index contributed by atoms with van der Waals surface area (Å²) < 4.78 is 5.67. The maximum Gasteiger partial charge on any atom is 0.407 e. The summed E-state index contributed by atoms with van der Waals surface area (Å²) in [6.45, 7) is 2.43. The van der Waals surface area contributed by atoms with Gasteiger partial charge in [-0.05, 0) is 53.4 Å². The lowest BCUT2D eigenvalue weighted by atomic mass is 9.90. The van der Waals surface area contributed by atoms with Crippen LogP contribution in [0.5, 0.6) is 0 Å². The van der Waals surface area contributed by atoms with Crippen molar-refractivity contribution in [1.82, 2.24) is 10.2 Å². The molecule has 2 aliphatic carbocycles. The Kier molecular flexibility index (Phi) is 6.50. The number of hydrogen-bond acceptors (Lipinski definition) is 4. The number of piperidine rings is 1. The van der Waals surface area contributed by atoms with Crippen LogP contribution in [0.1, 0.15) is 56.1 Å². The van der Waals surface area contributed by atoms with Gasteiger partial charge < -0.3 is 20.1 Å². The molecule has 0 radical (unpaired) electrons. The first kappa shape index (κ1) is 23.4. The summed E-state index contributed by atoms with van der Waals surface area (Å²) in [7, 11) is 0. The fourth-order valence-corrected chi connectivity index (χ4v) is 5.70. The smallest absolute Gasteiger partial charge is 0.407 e. The van der Waals surface area contributed by atoms with E-state index < -0.39 is 24.1 Å². The van der Waals surface area contributed by atoms with Crippen LogP contribution in [0.4, 0.5) is 4.79 Å². The molecule has 7 heteroatoms. The van der Waals surface area contributed by atoms with Crippen LogP contribution >= 0.6 is 0 Å². The van der Waals surface area contributed by atoms with E-state index in [1.807, 2.05) is 31.2 Å². The molecule has 2 amide bonds. The highest BCUT2D eigenvalue weighted by Crippen LogP contribution is 2.44. The van der Waals surface area contributed by atoms with Crippen LogP contribution in [0, 0.1) is 11.8 Å². The molecule has 1 saturated carbocycles. The largest absolute Gasteiger partial charge is 0.480 e. The number of ether oxygens (including phenoxy) is 1. The van der Waals surface area contributed by atoms with Crippen LogP contribution in [0.2, 0.25) is 0 Å². The molecule has 3 aliphatic rings. The Bertz CT molecular complexity index is 1080. The van der Waals surface area contributed by atoms with Gasteiger partial charge in [-0.15, -0.1) is 0 Å². The average molecular weight is 477 g/mol. The van der Waals surface area contributed by atoms with E-state index in [1.54, 1.807) is 0 Å². The van der Waals surface area contributed by atoms with Gasteiger partial charge in [-0.25, -0.2) is 9.59 Å². The number of carboxylic acids is 1. The summed E-state index contributed by atoms with van der Waals surface area (Å²) in [5, 5.41) is 12.5. The molecule has 1 aliphatic heterocycles. The van der Waals surface area contributed by atoms with Crippen molar-refractivity contribution in [1.29, 1.82) is 0 Å². The van der Waals surface area contributed by atoms with Gasteiger partial charge in [-0.2, -0.15) is 0 Å². The van der Waals surface area contributed by atoms with E-state index in [4.69, 9.17) is 4.74 Å². The number of benzene rings is 2. The second-order valence-electron chi connectivity index (χ2n) is 10.1. The molecule has 1 heterocycles. The van der Waals surface area contributed by atoms with E-state index in [-0.39, 0.29) is 24.3 Å². The van der Waals surface area contributed by atoms with Crippen molar-refractivity contribution in [3.63, 3.8) is 0 Å². The lowest BCUT2D eigenvalue weighted by molar-refractivity contribution is -0.155. The van der Waals surface area contributed by atoms with Crippen molar-refractivity contribution in [2.24, 2.45) is 11.8 Å². The van der Waals surface area contributed by atoms with Crippen molar-refractivity contribution in [2.45, 2.75) is 57.0 Å². The summed E-state index contributed by atoms with van der Waals surface area (Å²) in [5.74, 6) is -1.11. The van der Waals surface area contributed by atoms with Gasteiger partial charge in [-0.3, -0.25) is 4.79 Å². The van der Waals surface area contributed by atoms with Crippen LogP contribution in [0.25, 0.3) is 11.1 Å². The van der Waals surface area contributed by atoms with Crippen molar-refractivity contribution in [2.75, 3.05) is 13.2 Å². The molecule has 0 aromatic heterocycles. The molecular weight excluding hydrogens is 444 g/mol. The van der Waals surface area contributed by atoms with E-state index in [1.165, 1.54) is 4.90 Å². The number of carbonyl (C=O) groups excluding carboxylic acids is 2. The highest BCUT2D eigenvalue weighted by molar-refractivity contribution is 5.89. The molecule has 35 heavy (non-hydrogen) atoms. The van der Waals surface area contributed by atoms with Crippen LogP contribution in [0.3, 0.4) is 0 Å². The van der Waals surface area contributed by atoms with E-state index in [0.29, 0.717) is 18.9 Å². The lowest BCUT2D eigenvalue weighted by Gasteiger charge is -2.39. The fourth-order valence-electron chi connectivity index (χ4n) is 5.70. The monoisotopic (exact) mass is 476 g/mol. The van der Waals surface area contributed by atoms with Gasteiger partial charge in [0.1, 0.15) is 18.7 Å². The third kappa shape index (κ3) is 4.77. The zero-order chi connectivity index (χ0) is 24.5. The van der Waals surface area contributed by atoms with E-state index in [2.05, 4.69) is 29.6 Å². The molecule has 5 rings (SSSR count). The molecule has 0 spiro atoms. The highest BCUT2D eigenvalue weighted by atomic mass is 16.5. The Balaban J connectivity index is 1.28. The van der Waals surface area contributed by atoms with Gasteiger partial charge in [0, 0.05) is 12.5 Å². The predicted molar refractivity (Wildman–Crippen MR) is 131 cm³/mol. The lowest BCUT2D eigenvalue weighted by Crippen LogP contribution is -2.58. The van der Waals surface area contributed by atoms with Crippen LogP contribution < -0.4 is 5.32 Å². The zero-order valence-corrected chi connectivity index (χ0v) is 20.0. The minimum atomic E-state index is -0.989. The third-order valence-corrected chi connectivity index (χ3v) is 7.67. The first-order chi connectivity index (χ1) is 16.9. The summed E-state index contributed by atoms with van der Waals surface area (Å²) >= 11 is 0. The number of amides is 2. The Morgan fingerprint density at radius 1 is 1.03 bits per heavy atom. The quantitative estimate of drug-likeness (QED) is 0.617. The van der Waals surface area contributed by atoms with Crippen molar-refractivity contribution >= 4 is 18.0 Å². The minimum absolute atomic E-state index is 0.0648. The molecule has 2 fully saturated rings. The van der Waals surface area contributed by atoms with Crippen molar-refractivity contribution in [3.05, 3.63) is 59.7 Å². The number of likely N-dealkylation sites (tertiary alicyclic amines) is 1. The number of carbonyl (C=O) groups is 3. The van der Waals surface area contributed by atoms with Crippen molar-refractivity contribution < 1.29 is 24.2 Å². The van der Waals surface area contributed by atoms with Gasteiger partial charge in [0.25, 0.3) is 0 Å². The van der Waals surface area contributed by atoms with Crippen LogP contribution in [0.15, 0.2) is 48.5 Å². The van der Waals surface area contributed by atoms with E-state index in [0.717, 1.165) is 47.9 Å². The number of aliphatic carboxylic acids is 1. The third-order valence-electron chi connectivity index (χ3n) is 7.67. The fraction of sp³-hybridized carbons (Fsp3) is 0.464. The topological polar surface area (TPSA) is 95.9 Å². The molecule has 2 aromatic carbocycles. The summed E-state index contributed by atoms with van der Waals surface area (Å²) in [6.07, 6.45) is 3.46. The molecule has 2 N–H and O–H groups in total. The maximum absolute atomic E-state index is 13.4. The Labute approximate surface area is 205 Å². The van der Waals surface area contributed by atoms with Gasteiger partial charge in [-0.1, -0.05) is 68.3 Å². The second-order valence-corrected chi connectivity index (χ2v) is 10.1. The highest BCUT2D eigenvalue weighted by Gasteiger charge is 2.41. The number of nitrogens with zero attached hydrogens (tertiary/aromatic N) is 1. The number of nitrogens with one attached hydrogen (secondary N) is 1. The molecular formula is C28H32N2O5. The summed E-state index contributed by atoms with van der Waals surface area (Å²) in [4.78, 5) is 39.7. The van der Waals surface area contributed by atoms with Gasteiger partial charge in [0.15, 0.2) is 0 Å². The zero-order valence-electron chi connectivity index (χ0n) is 20.0. The summed E-state index contributed by atoms with van der Waals surface area (Å²) in [5.41, 5.74) is 4.55. The minimum Gasteiger partial charge on any atom is -0.480 e. The van der Waals surface area contributed by atoms with Crippen LogP contribution in [-0.2, 0) is 14.3 Å². The van der Waals surface area contributed by atoms with Gasteiger partial charge >= 0.3 is 12.1 Å². The molecule has 7 nitrogen and oxygen atoms in total. The molecule has 184 valence electrons. The molecule has 2 unspecified atom stereocenters. The standard InChI is InChI=1S/C28H32N2O5/c1-17-7-6-14-30(25(17)27(32)33)26(31)24(15-18-12-13-18)29-28(34)35-16-23-21-10-4-2-8-19(21)20-9-3-5-11-22(20)23/h2-5,8-11,17-18,23-25H,6-7,12-16H2,1H3,(H,29,34)(H,32,33)/t17?,24-,25?/m0/s1. The molecule has 1 saturated heterocycles. The SMILES string of the molecule is CC1CCCN(C(=O)[C@H](CC2CC2)NC(=O)OCC2c3ccccc3-c3ccccc32)C1C(=O)O. The first-order valence-electron chi connectivity index (χ1n) is 12.6. The number of hydrogen-bond donors (Lipinski definition) is 2. The summed E-state index contributed by atoms with van der Waals surface area (Å²) in [6, 6.07) is 14.6. The predicted octanol–water partition coefficient (Wildman–Crippen LogP) is 4.41. The van der Waals surface area contributed by atoms with E-state index in [9.17, 15) is 19.5 Å². The number of carboxylic acid groups (broad SMARTS) is 1. The first-order valence-corrected chi connectivity index (χ1v) is 12.6. The van der Waals surface area contributed by atoms with Crippen LogP contribution in [-0.4, -0.2) is 53.2 Å². The Morgan fingerprint density at radius 3 is 2.26 bits per heavy atom. The average Bonchev–Trinajstić information content (AvgIpc) is 3.62. The molecule has 3 atom stereocenters. The molecule has 0 bridgehead atoms. The number of rotatable bonds is 7. The Morgan fingerprint density at radius 2 is 1.66 bits per heavy atom. The Hall–Kier alpha value is -3.35. The maximum atomic E-state index is 13.4. The van der Waals surface area contributed by atoms with E-state index >= 15 is 0 Å². The normalized spacial score (nSPS) is 22.1. The number of fused-ring (bicyclic) bond motifs is 3. The second kappa shape index (κ2) is 9.72.